The molecule has 0 aliphatic heterocycles. The van der Waals surface area contributed by atoms with E-state index in [0.29, 0.717) is 3.92 Å². The van der Waals surface area contributed by atoms with Gasteiger partial charge in [0.15, 0.2) is 0 Å². The Kier molecular flexibility index (Phi) is 6.27. The Morgan fingerprint density at radius 3 is 2.50 bits per heavy atom. The highest BCUT2D eigenvalue weighted by molar-refractivity contribution is 14.1. The van der Waals surface area contributed by atoms with Crippen LogP contribution in [0.25, 0.3) is 0 Å². The minimum absolute atomic E-state index is 0.149. The third-order valence-electron chi connectivity index (χ3n) is 0.986. The topological polar surface area (TPSA) is 0 Å². The molecule has 2 heteroatoms. The van der Waals surface area contributed by atoms with E-state index in [0.717, 1.165) is 19.3 Å². The van der Waals surface area contributed by atoms with Crippen molar-refractivity contribution in [2.24, 2.45) is 0 Å². The number of rotatable bonds is 4. The Morgan fingerprint density at radius 1 is 1.50 bits per heavy atom. The Morgan fingerprint density at radius 2 is 2.12 bits per heavy atom. The maximum atomic E-state index is 11.4. The third-order valence-corrected chi connectivity index (χ3v) is 1.61. The molecule has 0 aromatic heterocycles. The molecule has 0 fully saturated rings. The molecule has 0 aromatic carbocycles. The molecule has 0 spiro atoms. The van der Waals surface area contributed by atoms with E-state index in [1.807, 2.05) is 0 Å². The monoisotopic (exact) mass is 230 g/mol. The van der Waals surface area contributed by atoms with Crippen LogP contribution in [0.15, 0.2) is 0 Å². The quantitative estimate of drug-likeness (QED) is 0.395. The van der Waals surface area contributed by atoms with Crippen LogP contribution in [0.1, 0.15) is 26.2 Å². The zero-order valence-electron chi connectivity index (χ0n) is 5.16. The fourth-order valence-corrected chi connectivity index (χ4v) is 0.961. The van der Waals surface area contributed by atoms with Gasteiger partial charge in [-0.2, -0.15) is 0 Å². The summed E-state index contributed by atoms with van der Waals surface area (Å²) < 4.78 is 12.1. The predicted octanol–water partition coefficient (Wildman–Crippen LogP) is 2.95. The van der Waals surface area contributed by atoms with Crippen molar-refractivity contribution in [1.29, 1.82) is 0 Å². The first-order valence-corrected chi connectivity index (χ1v) is 4.22. The first kappa shape index (κ1) is 8.66. The normalized spacial score (nSPS) is 13.9. The number of alkyl halides is 2. The highest BCUT2D eigenvalue weighted by Gasteiger charge is 1.93. The van der Waals surface area contributed by atoms with Gasteiger partial charge in [-0.1, -0.05) is 29.5 Å². The van der Waals surface area contributed by atoms with E-state index < -0.39 is 0 Å². The molecule has 8 heavy (non-hydrogen) atoms. The van der Waals surface area contributed by atoms with Crippen molar-refractivity contribution in [1.82, 2.24) is 0 Å². The van der Waals surface area contributed by atoms with Crippen LogP contribution in [-0.4, -0.2) is 10.6 Å². The maximum absolute atomic E-state index is 11.4. The Labute approximate surface area is 64.0 Å². The predicted molar refractivity (Wildman–Crippen MR) is 43.3 cm³/mol. The molecule has 0 nitrogen and oxygen atoms in total. The molecule has 0 rings (SSSR count). The summed E-state index contributed by atoms with van der Waals surface area (Å²) in [6, 6.07) is 0. The second-order valence-corrected chi connectivity index (χ2v) is 4.09. The summed E-state index contributed by atoms with van der Waals surface area (Å²) >= 11 is 2.36. The molecule has 0 heterocycles. The van der Waals surface area contributed by atoms with Gasteiger partial charge in [0.1, 0.15) is 0 Å². The summed E-state index contributed by atoms with van der Waals surface area (Å²) in [5.74, 6) is 0. The molecule has 50 valence electrons. The average Bonchev–Trinajstić information content (AvgIpc) is 1.66. The highest BCUT2D eigenvalue weighted by Crippen LogP contribution is 2.08. The minimum Gasteiger partial charge on any atom is -0.251 e. The van der Waals surface area contributed by atoms with Crippen LogP contribution < -0.4 is 0 Å². The zero-order chi connectivity index (χ0) is 6.41. The van der Waals surface area contributed by atoms with Crippen LogP contribution in [-0.2, 0) is 0 Å². The molecule has 0 aliphatic rings. The van der Waals surface area contributed by atoms with Crippen molar-refractivity contribution >= 4 is 22.6 Å². The first-order valence-electron chi connectivity index (χ1n) is 2.97. The lowest BCUT2D eigenvalue weighted by Crippen LogP contribution is -1.89. The molecule has 0 radical (unpaired) electrons. The minimum atomic E-state index is -0.149. The smallest absolute Gasteiger partial charge is 0.0894 e. The van der Waals surface area contributed by atoms with E-state index >= 15 is 0 Å². The summed E-state index contributed by atoms with van der Waals surface area (Å²) in [7, 11) is 0. The van der Waals surface area contributed by atoms with Crippen LogP contribution >= 0.6 is 22.6 Å². The summed E-state index contributed by atoms with van der Waals surface area (Å²) in [6.45, 7) is 2.00. The molecule has 0 bridgehead atoms. The van der Waals surface area contributed by atoms with Gasteiger partial charge in [0.25, 0.3) is 0 Å². The third kappa shape index (κ3) is 6.66. The van der Waals surface area contributed by atoms with Gasteiger partial charge < -0.3 is 0 Å². The van der Waals surface area contributed by atoms with Gasteiger partial charge in [-0.3, -0.25) is 4.39 Å². The van der Waals surface area contributed by atoms with E-state index in [-0.39, 0.29) is 6.67 Å². The Hall–Kier alpha value is 0.660. The van der Waals surface area contributed by atoms with Crippen molar-refractivity contribution in [3.63, 3.8) is 0 Å². The summed E-state index contributed by atoms with van der Waals surface area (Å²) in [4.78, 5) is 0. The SMILES string of the molecule is CC(I)CCCCF. The van der Waals surface area contributed by atoms with Crippen LogP contribution in [0.2, 0.25) is 0 Å². The number of hydrogen-bond acceptors (Lipinski definition) is 0. The highest BCUT2D eigenvalue weighted by atomic mass is 127. The summed E-state index contributed by atoms with van der Waals surface area (Å²) in [6.07, 6.45) is 2.94. The maximum Gasteiger partial charge on any atom is 0.0894 e. The Balaban J connectivity index is 2.72. The van der Waals surface area contributed by atoms with E-state index in [2.05, 4.69) is 29.5 Å². The lowest BCUT2D eigenvalue weighted by Gasteiger charge is -1.98. The number of hydrogen-bond donors (Lipinski definition) is 0. The van der Waals surface area contributed by atoms with Crippen LogP contribution in [0.3, 0.4) is 0 Å². The van der Waals surface area contributed by atoms with Gasteiger partial charge >= 0.3 is 0 Å². The summed E-state index contributed by atoms with van der Waals surface area (Å²) in [5.41, 5.74) is 0. The lowest BCUT2D eigenvalue weighted by atomic mass is 10.2. The van der Waals surface area contributed by atoms with Gasteiger partial charge in [-0.05, 0) is 19.3 Å². The van der Waals surface area contributed by atoms with Crippen molar-refractivity contribution in [3.05, 3.63) is 0 Å². The average molecular weight is 230 g/mol. The van der Waals surface area contributed by atoms with E-state index in [1.165, 1.54) is 0 Å². The van der Waals surface area contributed by atoms with Crippen molar-refractivity contribution in [2.75, 3.05) is 6.67 Å². The summed E-state index contributed by atoms with van der Waals surface area (Å²) in [5, 5.41) is 0. The first-order chi connectivity index (χ1) is 3.77. The largest absolute Gasteiger partial charge is 0.251 e. The second-order valence-electron chi connectivity index (χ2n) is 1.97. The molecular weight excluding hydrogens is 218 g/mol. The fraction of sp³-hybridized carbons (Fsp3) is 1.00. The number of halogens is 2. The van der Waals surface area contributed by atoms with Gasteiger partial charge in [0.2, 0.25) is 0 Å². The van der Waals surface area contributed by atoms with E-state index in [1.54, 1.807) is 0 Å². The molecule has 0 N–H and O–H groups in total. The van der Waals surface area contributed by atoms with Crippen LogP contribution in [0, 0.1) is 0 Å². The lowest BCUT2D eigenvalue weighted by molar-refractivity contribution is 0.457. The van der Waals surface area contributed by atoms with Crippen molar-refractivity contribution in [3.8, 4) is 0 Å². The molecule has 0 aromatic rings. The molecule has 0 saturated carbocycles. The van der Waals surface area contributed by atoms with Gasteiger partial charge in [-0.15, -0.1) is 0 Å². The van der Waals surface area contributed by atoms with Gasteiger partial charge in [0.05, 0.1) is 6.67 Å². The Bertz CT molecular complexity index is 45.8. The zero-order valence-corrected chi connectivity index (χ0v) is 7.32. The molecule has 1 unspecified atom stereocenters. The van der Waals surface area contributed by atoms with Crippen LogP contribution in [0.4, 0.5) is 4.39 Å². The van der Waals surface area contributed by atoms with Gasteiger partial charge in [0, 0.05) is 3.92 Å². The standard InChI is InChI=1S/C6H12FI/c1-6(8)4-2-3-5-7/h6H,2-5H2,1H3. The van der Waals surface area contributed by atoms with E-state index in [9.17, 15) is 4.39 Å². The molecule has 0 aliphatic carbocycles. The molecule has 0 amide bonds. The van der Waals surface area contributed by atoms with Crippen molar-refractivity contribution < 1.29 is 4.39 Å². The van der Waals surface area contributed by atoms with Crippen molar-refractivity contribution in [2.45, 2.75) is 30.1 Å². The molecule has 0 saturated heterocycles. The van der Waals surface area contributed by atoms with Crippen LogP contribution in [0.5, 0.6) is 0 Å². The van der Waals surface area contributed by atoms with Gasteiger partial charge in [-0.25, -0.2) is 0 Å². The fourth-order valence-electron chi connectivity index (χ4n) is 0.520. The number of unbranched alkanes of at least 4 members (excludes halogenated alkanes) is 1. The molecular formula is C6H12FI. The second kappa shape index (κ2) is 5.79. The van der Waals surface area contributed by atoms with E-state index in [4.69, 9.17) is 0 Å². The molecule has 1 atom stereocenters.